The summed E-state index contributed by atoms with van der Waals surface area (Å²) in [4.78, 5) is 12.4. The third-order valence-electron chi connectivity index (χ3n) is 5.34. The molecule has 1 aliphatic rings. The van der Waals surface area contributed by atoms with Crippen LogP contribution in [0, 0.1) is 23.5 Å². The summed E-state index contributed by atoms with van der Waals surface area (Å²) in [6.45, 7) is 3.56. The first-order valence-corrected chi connectivity index (χ1v) is 9.78. The number of hydrogen-bond donors (Lipinski definition) is 0. The van der Waals surface area contributed by atoms with Gasteiger partial charge in [0.15, 0.2) is 11.6 Å². The molecule has 0 aliphatic heterocycles. The maximum absolute atomic E-state index is 14.5. The Balaban J connectivity index is 1.78. The zero-order valence-electron chi connectivity index (χ0n) is 16.6. The Hall–Kier alpha value is -2.78. The summed E-state index contributed by atoms with van der Waals surface area (Å²) in [6, 6.07) is 3.52. The van der Waals surface area contributed by atoms with Gasteiger partial charge in [-0.25, -0.2) is 17.6 Å². The quantitative estimate of drug-likeness (QED) is 0.209. The number of rotatable bonds is 6. The minimum atomic E-state index is -5.30. The molecule has 0 saturated heterocycles. The molecule has 0 radical (unpaired) electrons. The van der Waals surface area contributed by atoms with Crippen LogP contribution in [-0.4, -0.2) is 24.7 Å². The molecule has 0 amide bonds. The van der Waals surface area contributed by atoms with Crippen LogP contribution in [0.3, 0.4) is 0 Å². The average Bonchev–Trinajstić information content (AvgIpc) is 2.68. The minimum Gasteiger partial charge on any atom is -0.426 e. The van der Waals surface area contributed by atoms with Gasteiger partial charge < -0.3 is 9.47 Å². The second kappa shape index (κ2) is 9.38. The van der Waals surface area contributed by atoms with Crippen molar-refractivity contribution in [1.82, 2.24) is 0 Å². The summed E-state index contributed by atoms with van der Waals surface area (Å²) in [7, 11) is 0. The largest absolute Gasteiger partial charge is 0.573 e. The highest BCUT2D eigenvalue weighted by Gasteiger charge is 2.44. The Morgan fingerprint density at radius 2 is 1.78 bits per heavy atom. The van der Waals surface area contributed by atoms with E-state index >= 15 is 0 Å². The smallest absolute Gasteiger partial charge is 0.426 e. The lowest BCUT2D eigenvalue weighted by molar-refractivity contribution is -0.276. The Bertz CT molecular complexity index is 993. The molecule has 1 saturated carbocycles. The summed E-state index contributed by atoms with van der Waals surface area (Å²) < 4.78 is 103. The van der Waals surface area contributed by atoms with Gasteiger partial charge in [-0.3, -0.25) is 4.79 Å². The summed E-state index contributed by atoms with van der Waals surface area (Å²) in [5, 5.41) is -0.665. The Kier molecular flexibility index (Phi) is 7.00. The van der Waals surface area contributed by atoms with Crippen molar-refractivity contribution >= 4 is 16.7 Å². The second-order valence-corrected chi connectivity index (χ2v) is 7.61. The number of esters is 1. The van der Waals surface area contributed by atoms with Crippen molar-refractivity contribution in [2.75, 3.05) is 0 Å². The van der Waals surface area contributed by atoms with Gasteiger partial charge in [0.1, 0.15) is 24.0 Å². The van der Waals surface area contributed by atoms with Crippen LogP contribution in [0.5, 0.6) is 11.5 Å². The maximum Gasteiger partial charge on any atom is 0.573 e. The molecule has 2 aromatic carbocycles. The molecule has 0 aromatic heterocycles. The molecule has 2 aromatic rings. The highest BCUT2D eigenvalue weighted by Crippen LogP contribution is 2.38. The number of allylic oxidation sites excluding steroid dienone is 1. The van der Waals surface area contributed by atoms with Crippen molar-refractivity contribution in [3.8, 4) is 11.5 Å². The number of fused-ring (bicyclic) bond motifs is 1. The molecule has 1 aliphatic carbocycles. The van der Waals surface area contributed by atoms with E-state index in [4.69, 9.17) is 4.74 Å². The SMILES string of the molecule is C=CCCC1CC(F)C(C(=O)Oc2ccc3c(F)c(OC(F)(F)F)c(F)cc3c2)C(F)C1. The summed E-state index contributed by atoms with van der Waals surface area (Å²) in [5.74, 6) is -8.17. The molecule has 32 heavy (non-hydrogen) atoms. The van der Waals surface area contributed by atoms with E-state index in [2.05, 4.69) is 11.3 Å². The Morgan fingerprint density at radius 1 is 1.12 bits per heavy atom. The predicted molar refractivity (Wildman–Crippen MR) is 102 cm³/mol. The first-order chi connectivity index (χ1) is 15.0. The van der Waals surface area contributed by atoms with Gasteiger partial charge in [0.25, 0.3) is 0 Å². The molecular weight excluding hydrogens is 445 g/mol. The normalized spacial score (nSPS) is 23.7. The molecule has 0 heterocycles. The average molecular weight is 464 g/mol. The van der Waals surface area contributed by atoms with E-state index in [0.717, 1.165) is 18.2 Å². The van der Waals surface area contributed by atoms with E-state index in [0.29, 0.717) is 18.9 Å². The van der Waals surface area contributed by atoms with Crippen LogP contribution in [0.2, 0.25) is 0 Å². The van der Waals surface area contributed by atoms with Crippen LogP contribution in [0.15, 0.2) is 36.9 Å². The first kappa shape index (κ1) is 23.9. The van der Waals surface area contributed by atoms with E-state index in [1.54, 1.807) is 6.08 Å². The lowest BCUT2D eigenvalue weighted by atomic mass is 9.77. The molecule has 3 rings (SSSR count). The minimum absolute atomic E-state index is 0.00977. The monoisotopic (exact) mass is 464 g/mol. The third-order valence-corrected chi connectivity index (χ3v) is 5.34. The topological polar surface area (TPSA) is 35.5 Å². The van der Waals surface area contributed by atoms with Crippen LogP contribution in [0.4, 0.5) is 30.7 Å². The molecule has 2 atom stereocenters. The number of carbonyl (C=O) groups excluding carboxylic acids is 1. The molecule has 10 heteroatoms. The van der Waals surface area contributed by atoms with Gasteiger partial charge in [-0.1, -0.05) is 6.08 Å². The molecule has 2 unspecified atom stereocenters. The van der Waals surface area contributed by atoms with Crippen molar-refractivity contribution in [3.05, 3.63) is 48.6 Å². The van der Waals surface area contributed by atoms with Crippen LogP contribution < -0.4 is 9.47 Å². The second-order valence-electron chi connectivity index (χ2n) is 7.61. The fraction of sp³-hybridized carbons (Fsp3) is 0.409. The zero-order chi connectivity index (χ0) is 23.6. The van der Waals surface area contributed by atoms with Gasteiger partial charge in [0, 0.05) is 5.39 Å². The van der Waals surface area contributed by atoms with Gasteiger partial charge in [-0.15, -0.1) is 19.8 Å². The van der Waals surface area contributed by atoms with Gasteiger partial charge in [-0.05, 0) is 61.3 Å². The lowest BCUT2D eigenvalue weighted by Crippen LogP contribution is -2.42. The standard InChI is InChI=1S/C22H19F7O3/c1-2-3-4-11-7-15(23)18(16(24)8-11)21(30)31-13-5-6-14-12(9-13)10-17(25)20(19(14)26)32-22(27,28)29/h2,5-6,9-11,15-16,18H,1,3-4,7-8H2. The molecule has 3 nitrogen and oxygen atoms in total. The van der Waals surface area contributed by atoms with Crippen LogP contribution in [0.25, 0.3) is 10.8 Å². The van der Waals surface area contributed by atoms with Gasteiger partial charge in [0.05, 0.1) is 0 Å². The van der Waals surface area contributed by atoms with Gasteiger partial charge in [0.2, 0.25) is 5.75 Å². The lowest BCUT2D eigenvalue weighted by Gasteiger charge is -2.33. The van der Waals surface area contributed by atoms with E-state index in [-0.39, 0.29) is 29.9 Å². The number of ether oxygens (including phenoxy) is 2. The Labute approximate surface area is 178 Å². The number of carbonyl (C=O) groups is 1. The predicted octanol–water partition coefficient (Wildman–Crippen LogP) is 6.59. The molecular formula is C22H19F7O3. The molecule has 0 N–H and O–H groups in total. The van der Waals surface area contributed by atoms with E-state index in [1.807, 2.05) is 0 Å². The Morgan fingerprint density at radius 3 is 2.38 bits per heavy atom. The number of benzene rings is 2. The highest BCUT2D eigenvalue weighted by molar-refractivity contribution is 5.87. The number of halogens is 7. The van der Waals surface area contributed by atoms with Gasteiger partial charge in [-0.2, -0.15) is 0 Å². The van der Waals surface area contributed by atoms with E-state index in [1.165, 1.54) is 0 Å². The fourth-order valence-corrected chi connectivity index (χ4v) is 3.88. The molecule has 0 bridgehead atoms. The zero-order valence-corrected chi connectivity index (χ0v) is 16.6. The van der Waals surface area contributed by atoms with Crippen molar-refractivity contribution in [2.45, 2.75) is 44.4 Å². The summed E-state index contributed by atoms with van der Waals surface area (Å²) in [6.07, 6.45) is -6.07. The number of alkyl halides is 5. The van der Waals surface area contributed by atoms with Crippen molar-refractivity contribution < 1.29 is 45.0 Å². The van der Waals surface area contributed by atoms with Gasteiger partial charge >= 0.3 is 12.3 Å². The molecule has 1 fully saturated rings. The molecule has 174 valence electrons. The summed E-state index contributed by atoms with van der Waals surface area (Å²) >= 11 is 0. The van der Waals surface area contributed by atoms with E-state index in [9.17, 15) is 35.5 Å². The highest BCUT2D eigenvalue weighted by atomic mass is 19.4. The first-order valence-electron chi connectivity index (χ1n) is 9.78. The van der Waals surface area contributed by atoms with Crippen molar-refractivity contribution in [1.29, 1.82) is 0 Å². The third kappa shape index (κ3) is 5.34. The van der Waals surface area contributed by atoms with Crippen LogP contribution in [-0.2, 0) is 4.79 Å². The molecule has 0 spiro atoms. The maximum atomic E-state index is 14.5. The van der Waals surface area contributed by atoms with Crippen LogP contribution >= 0.6 is 0 Å². The number of hydrogen-bond acceptors (Lipinski definition) is 3. The summed E-state index contributed by atoms with van der Waals surface area (Å²) in [5.41, 5.74) is 0. The van der Waals surface area contributed by atoms with E-state index < -0.39 is 53.4 Å². The van der Waals surface area contributed by atoms with Crippen molar-refractivity contribution in [2.24, 2.45) is 11.8 Å². The van der Waals surface area contributed by atoms with Crippen LogP contribution in [0.1, 0.15) is 25.7 Å². The van der Waals surface area contributed by atoms with Crippen molar-refractivity contribution in [3.63, 3.8) is 0 Å². The fourth-order valence-electron chi connectivity index (χ4n) is 3.88.